The van der Waals surface area contributed by atoms with Crippen LogP contribution in [0.3, 0.4) is 0 Å². The number of anilines is 1. The zero-order valence-corrected chi connectivity index (χ0v) is 15.6. The average molecular weight is 360 g/mol. The van der Waals surface area contributed by atoms with Gasteiger partial charge in [0.2, 0.25) is 0 Å². The van der Waals surface area contributed by atoms with E-state index in [9.17, 15) is 5.11 Å². The predicted molar refractivity (Wildman–Crippen MR) is 104 cm³/mol. The van der Waals surface area contributed by atoms with Gasteiger partial charge in [-0.25, -0.2) is 0 Å². The first-order chi connectivity index (χ1) is 12.2. The number of hydrogen-bond acceptors (Lipinski definition) is 4. The summed E-state index contributed by atoms with van der Waals surface area (Å²) in [5, 5.41) is 15.3. The molecule has 25 heavy (non-hydrogen) atoms. The quantitative estimate of drug-likeness (QED) is 0.854. The Hall–Kier alpha value is -1.52. The van der Waals surface area contributed by atoms with Crippen molar-refractivity contribution in [3.05, 3.63) is 28.4 Å². The first-order valence-corrected chi connectivity index (χ1v) is 9.86. The molecule has 0 radical (unpaired) electrons. The van der Waals surface area contributed by atoms with E-state index < -0.39 is 0 Å². The van der Waals surface area contributed by atoms with Gasteiger partial charge in [-0.2, -0.15) is 0 Å². The van der Waals surface area contributed by atoms with E-state index in [0.29, 0.717) is 11.1 Å². The van der Waals surface area contributed by atoms with Crippen molar-refractivity contribution in [2.45, 2.75) is 51.5 Å². The molecular formula is C20H26ClN3O. The highest BCUT2D eigenvalue weighted by molar-refractivity contribution is 6.32. The highest BCUT2D eigenvalue weighted by atomic mass is 35.5. The van der Waals surface area contributed by atoms with Gasteiger partial charge in [0.15, 0.2) is 0 Å². The maximum atomic E-state index is 10.1. The molecule has 1 fully saturated rings. The van der Waals surface area contributed by atoms with Crippen LogP contribution in [0.5, 0.6) is 5.75 Å². The number of phenols is 1. The fourth-order valence-corrected chi connectivity index (χ4v) is 4.35. The standard InChI is InChI=1S/C20H26ClN3O/c1-2-24-9-7-13(8-10-24)22-20-14-5-3-4-6-17(14)23-18-12-16(21)19(25)11-15(18)20/h11-13,25H,2-10H2,1H3,(H,22,23). The van der Waals surface area contributed by atoms with E-state index in [1.165, 1.54) is 29.8 Å². The van der Waals surface area contributed by atoms with Gasteiger partial charge in [-0.15, -0.1) is 0 Å². The van der Waals surface area contributed by atoms with Crippen LogP contribution >= 0.6 is 11.6 Å². The largest absolute Gasteiger partial charge is 0.506 e. The summed E-state index contributed by atoms with van der Waals surface area (Å²) >= 11 is 6.13. The number of aromatic hydroxyl groups is 1. The van der Waals surface area contributed by atoms with Crippen molar-refractivity contribution in [2.24, 2.45) is 0 Å². The number of phenolic OH excluding ortho intramolecular Hbond substituents is 1. The lowest BCUT2D eigenvalue weighted by atomic mass is 9.92. The van der Waals surface area contributed by atoms with E-state index in [-0.39, 0.29) is 5.75 Å². The number of rotatable bonds is 3. The van der Waals surface area contributed by atoms with E-state index >= 15 is 0 Å². The lowest BCUT2D eigenvalue weighted by molar-refractivity contribution is 0.229. The minimum Gasteiger partial charge on any atom is -0.506 e. The Morgan fingerprint density at radius 1 is 1.24 bits per heavy atom. The highest BCUT2D eigenvalue weighted by Crippen LogP contribution is 2.38. The molecule has 0 saturated carbocycles. The minimum atomic E-state index is 0.135. The third-order valence-corrected chi connectivity index (χ3v) is 6.02. The Balaban J connectivity index is 1.74. The summed E-state index contributed by atoms with van der Waals surface area (Å²) in [7, 11) is 0. The van der Waals surface area contributed by atoms with E-state index in [2.05, 4.69) is 17.1 Å². The SMILES string of the molecule is CCN1CCC(Nc2c3c(nc4cc(Cl)c(O)cc24)CCCC3)CC1. The number of aryl methyl sites for hydroxylation is 1. The van der Waals surface area contributed by atoms with E-state index in [0.717, 1.165) is 56.2 Å². The second kappa shape index (κ2) is 7.00. The van der Waals surface area contributed by atoms with Gasteiger partial charge in [-0.05, 0) is 62.8 Å². The highest BCUT2D eigenvalue weighted by Gasteiger charge is 2.23. The molecule has 0 amide bonds. The smallest absolute Gasteiger partial charge is 0.135 e. The Morgan fingerprint density at radius 3 is 2.76 bits per heavy atom. The third-order valence-electron chi connectivity index (χ3n) is 5.71. The molecule has 1 aromatic carbocycles. The molecule has 2 aliphatic rings. The van der Waals surface area contributed by atoms with Gasteiger partial charge < -0.3 is 15.3 Å². The van der Waals surface area contributed by atoms with Crippen molar-refractivity contribution < 1.29 is 5.11 Å². The Labute approximate surface area is 154 Å². The van der Waals surface area contributed by atoms with Gasteiger partial charge >= 0.3 is 0 Å². The molecule has 0 bridgehead atoms. The van der Waals surface area contributed by atoms with Crippen LogP contribution in [0, 0.1) is 0 Å². The van der Waals surface area contributed by atoms with Crippen LogP contribution in [0.1, 0.15) is 43.9 Å². The van der Waals surface area contributed by atoms with Crippen LogP contribution in [-0.4, -0.2) is 40.7 Å². The van der Waals surface area contributed by atoms with Gasteiger partial charge in [0.05, 0.1) is 10.5 Å². The summed E-state index contributed by atoms with van der Waals surface area (Å²) in [4.78, 5) is 7.36. The number of likely N-dealkylation sites (tertiary alicyclic amines) is 1. The fourth-order valence-electron chi connectivity index (χ4n) is 4.20. The summed E-state index contributed by atoms with van der Waals surface area (Å²) in [6.07, 6.45) is 6.83. The van der Waals surface area contributed by atoms with Gasteiger partial charge in [0, 0.05) is 35.9 Å². The molecule has 1 aromatic heterocycles. The Morgan fingerprint density at radius 2 is 2.00 bits per heavy atom. The molecule has 1 saturated heterocycles. The van der Waals surface area contributed by atoms with Crippen LogP contribution in [-0.2, 0) is 12.8 Å². The molecule has 0 atom stereocenters. The van der Waals surface area contributed by atoms with Crippen LogP contribution in [0.4, 0.5) is 5.69 Å². The lowest BCUT2D eigenvalue weighted by Crippen LogP contribution is -2.39. The molecule has 2 aromatic rings. The third kappa shape index (κ3) is 3.30. The van der Waals surface area contributed by atoms with E-state index in [1.807, 2.05) is 0 Å². The van der Waals surface area contributed by atoms with Crippen molar-refractivity contribution in [3.63, 3.8) is 0 Å². The van der Waals surface area contributed by atoms with Crippen molar-refractivity contribution in [2.75, 3.05) is 25.0 Å². The van der Waals surface area contributed by atoms with Gasteiger partial charge in [-0.1, -0.05) is 18.5 Å². The number of nitrogens with one attached hydrogen (secondary N) is 1. The number of fused-ring (bicyclic) bond motifs is 2. The second-order valence-electron chi connectivity index (χ2n) is 7.29. The number of pyridine rings is 1. The summed E-state index contributed by atoms with van der Waals surface area (Å²) in [5.74, 6) is 0.135. The van der Waals surface area contributed by atoms with Crippen molar-refractivity contribution >= 4 is 28.2 Å². The maximum absolute atomic E-state index is 10.1. The van der Waals surface area contributed by atoms with E-state index in [4.69, 9.17) is 16.6 Å². The fraction of sp³-hybridized carbons (Fsp3) is 0.550. The molecule has 1 aliphatic carbocycles. The zero-order chi connectivity index (χ0) is 17.4. The number of hydrogen-bond donors (Lipinski definition) is 2. The number of aromatic nitrogens is 1. The number of benzene rings is 1. The molecule has 4 rings (SSSR count). The van der Waals surface area contributed by atoms with Crippen LogP contribution in [0.15, 0.2) is 12.1 Å². The van der Waals surface area contributed by atoms with Gasteiger partial charge in [0.1, 0.15) is 5.75 Å². The van der Waals surface area contributed by atoms with E-state index in [1.54, 1.807) is 12.1 Å². The molecule has 1 aliphatic heterocycles. The summed E-state index contributed by atoms with van der Waals surface area (Å²) in [5.41, 5.74) is 4.62. The number of piperidine rings is 1. The normalized spacial score (nSPS) is 19.1. The Bertz CT molecular complexity index is 784. The van der Waals surface area contributed by atoms with Gasteiger partial charge in [0.25, 0.3) is 0 Å². The maximum Gasteiger partial charge on any atom is 0.135 e. The molecular weight excluding hydrogens is 334 g/mol. The monoisotopic (exact) mass is 359 g/mol. The number of halogens is 1. The molecule has 4 nitrogen and oxygen atoms in total. The first kappa shape index (κ1) is 16.9. The Kier molecular flexibility index (Phi) is 4.74. The average Bonchev–Trinajstić information content (AvgIpc) is 2.64. The van der Waals surface area contributed by atoms with Crippen LogP contribution < -0.4 is 5.32 Å². The van der Waals surface area contributed by atoms with Crippen molar-refractivity contribution in [3.8, 4) is 5.75 Å². The van der Waals surface area contributed by atoms with Crippen molar-refractivity contribution in [1.29, 1.82) is 0 Å². The summed E-state index contributed by atoms with van der Waals surface area (Å²) in [6, 6.07) is 4.06. The van der Waals surface area contributed by atoms with Gasteiger partial charge in [-0.3, -0.25) is 4.98 Å². The topological polar surface area (TPSA) is 48.4 Å². The zero-order valence-electron chi connectivity index (χ0n) is 14.8. The molecule has 2 heterocycles. The van der Waals surface area contributed by atoms with Crippen LogP contribution in [0.25, 0.3) is 10.9 Å². The second-order valence-corrected chi connectivity index (χ2v) is 7.70. The minimum absolute atomic E-state index is 0.135. The molecule has 0 spiro atoms. The van der Waals surface area contributed by atoms with Crippen LogP contribution in [0.2, 0.25) is 5.02 Å². The predicted octanol–water partition coefficient (Wildman–Crippen LogP) is 4.37. The molecule has 0 unspecified atom stereocenters. The molecule has 5 heteroatoms. The molecule has 2 N–H and O–H groups in total. The summed E-state index contributed by atoms with van der Waals surface area (Å²) in [6.45, 7) is 5.66. The lowest BCUT2D eigenvalue weighted by Gasteiger charge is -2.33. The first-order valence-electron chi connectivity index (χ1n) is 9.48. The number of nitrogens with zero attached hydrogens (tertiary/aromatic N) is 2. The van der Waals surface area contributed by atoms with Crippen molar-refractivity contribution in [1.82, 2.24) is 9.88 Å². The molecule has 134 valence electrons. The summed E-state index contributed by atoms with van der Waals surface area (Å²) < 4.78 is 0.